The number of carbonyl (C=O) groups excluding carboxylic acids is 3. The minimum absolute atomic E-state index is 0.144. The SMILES string of the molecule is CCC(=O)N[C@@H](C)C(=O)N1CCC[C@H]1C(=O)NC. The van der Waals surface area contributed by atoms with E-state index in [0.717, 1.165) is 6.42 Å². The molecule has 1 aliphatic heterocycles. The molecule has 6 heteroatoms. The Kier molecular flexibility index (Phi) is 5.12. The van der Waals surface area contributed by atoms with Gasteiger partial charge in [0, 0.05) is 20.0 Å². The molecule has 102 valence electrons. The summed E-state index contributed by atoms with van der Waals surface area (Å²) in [6, 6.07) is -0.980. The monoisotopic (exact) mass is 255 g/mol. The lowest BCUT2D eigenvalue weighted by Gasteiger charge is -2.26. The molecule has 2 N–H and O–H groups in total. The van der Waals surface area contributed by atoms with E-state index in [1.165, 1.54) is 0 Å². The van der Waals surface area contributed by atoms with Crippen LogP contribution in [-0.2, 0) is 14.4 Å². The minimum Gasteiger partial charge on any atom is -0.357 e. The van der Waals surface area contributed by atoms with Crippen LogP contribution in [0, 0.1) is 0 Å². The Hall–Kier alpha value is -1.59. The molecule has 18 heavy (non-hydrogen) atoms. The molecule has 0 bridgehead atoms. The Balaban J connectivity index is 2.65. The van der Waals surface area contributed by atoms with Crippen LogP contribution in [0.1, 0.15) is 33.1 Å². The van der Waals surface area contributed by atoms with Crippen molar-refractivity contribution in [1.29, 1.82) is 0 Å². The smallest absolute Gasteiger partial charge is 0.245 e. The zero-order valence-corrected chi connectivity index (χ0v) is 11.2. The molecule has 0 unspecified atom stereocenters. The van der Waals surface area contributed by atoms with Gasteiger partial charge >= 0.3 is 0 Å². The molecule has 1 rings (SSSR count). The predicted octanol–water partition coefficient (Wildman–Crippen LogP) is -0.362. The summed E-state index contributed by atoms with van der Waals surface area (Å²) in [5.41, 5.74) is 0. The molecule has 1 aliphatic rings. The minimum atomic E-state index is -0.581. The van der Waals surface area contributed by atoms with Crippen LogP contribution in [0.5, 0.6) is 0 Å². The van der Waals surface area contributed by atoms with E-state index in [9.17, 15) is 14.4 Å². The third-order valence-electron chi connectivity index (χ3n) is 3.15. The number of likely N-dealkylation sites (tertiary alicyclic amines) is 1. The van der Waals surface area contributed by atoms with Crippen molar-refractivity contribution in [3.05, 3.63) is 0 Å². The van der Waals surface area contributed by atoms with E-state index in [-0.39, 0.29) is 17.7 Å². The van der Waals surface area contributed by atoms with E-state index in [4.69, 9.17) is 0 Å². The van der Waals surface area contributed by atoms with Crippen LogP contribution in [0.3, 0.4) is 0 Å². The highest BCUT2D eigenvalue weighted by molar-refractivity contribution is 5.92. The third-order valence-corrected chi connectivity index (χ3v) is 3.15. The van der Waals surface area contributed by atoms with E-state index >= 15 is 0 Å². The molecule has 3 amide bonds. The van der Waals surface area contributed by atoms with Gasteiger partial charge in [-0.05, 0) is 19.8 Å². The molecule has 0 aliphatic carbocycles. The standard InChI is InChI=1S/C12H21N3O3/c1-4-10(16)14-8(2)12(18)15-7-5-6-9(15)11(17)13-3/h8-9H,4-7H2,1-3H3,(H,13,17)(H,14,16)/t8-,9-/m0/s1. The van der Waals surface area contributed by atoms with E-state index in [1.807, 2.05) is 0 Å². The topological polar surface area (TPSA) is 78.5 Å². The molecule has 0 aromatic heterocycles. The molecule has 1 saturated heterocycles. The molecule has 0 saturated carbocycles. The number of hydrogen-bond donors (Lipinski definition) is 2. The highest BCUT2D eigenvalue weighted by Crippen LogP contribution is 2.18. The van der Waals surface area contributed by atoms with Crippen LogP contribution >= 0.6 is 0 Å². The first-order valence-corrected chi connectivity index (χ1v) is 6.32. The van der Waals surface area contributed by atoms with Crippen molar-refractivity contribution in [3.63, 3.8) is 0 Å². The van der Waals surface area contributed by atoms with Crippen LogP contribution in [-0.4, -0.2) is 48.3 Å². The maximum Gasteiger partial charge on any atom is 0.245 e. The van der Waals surface area contributed by atoms with Crippen molar-refractivity contribution < 1.29 is 14.4 Å². The number of amides is 3. The van der Waals surface area contributed by atoms with Crippen LogP contribution < -0.4 is 10.6 Å². The Morgan fingerprint density at radius 1 is 1.39 bits per heavy atom. The largest absolute Gasteiger partial charge is 0.357 e. The number of carbonyl (C=O) groups is 3. The summed E-state index contributed by atoms with van der Waals surface area (Å²) in [7, 11) is 1.56. The number of nitrogens with one attached hydrogen (secondary N) is 2. The van der Waals surface area contributed by atoms with Gasteiger partial charge in [-0.1, -0.05) is 6.92 Å². The molecule has 0 spiro atoms. The molecular formula is C12H21N3O3. The van der Waals surface area contributed by atoms with Crippen molar-refractivity contribution in [2.45, 2.75) is 45.2 Å². The van der Waals surface area contributed by atoms with Crippen molar-refractivity contribution in [2.24, 2.45) is 0 Å². The molecule has 0 aromatic carbocycles. The van der Waals surface area contributed by atoms with E-state index in [2.05, 4.69) is 10.6 Å². The van der Waals surface area contributed by atoms with E-state index < -0.39 is 12.1 Å². The first-order chi connectivity index (χ1) is 8.51. The van der Waals surface area contributed by atoms with Crippen molar-refractivity contribution in [3.8, 4) is 0 Å². The van der Waals surface area contributed by atoms with Crippen LogP contribution in [0.4, 0.5) is 0 Å². The summed E-state index contributed by atoms with van der Waals surface area (Å²) in [6.07, 6.45) is 1.84. The van der Waals surface area contributed by atoms with Gasteiger partial charge in [-0.2, -0.15) is 0 Å². The molecule has 0 aromatic rings. The first-order valence-electron chi connectivity index (χ1n) is 6.32. The van der Waals surface area contributed by atoms with Crippen LogP contribution in [0.15, 0.2) is 0 Å². The Bertz CT molecular complexity index is 343. The van der Waals surface area contributed by atoms with Gasteiger partial charge in [-0.3, -0.25) is 14.4 Å². The van der Waals surface area contributed by atoms with Crippen molar-refractivity contribution >= 4 is 17.7 Å². The lowest BCUT2D eigenvalue weighted by atomic mass is 10.2. The summed E-state index contributed by atoms with van der Waals surface area (Å²) < 4.78 is 0. The summed E-state index contributed by atoms with van der Waals surface area (Å²) >= 11 is 0. The van der Waals surface area contributed by atoms with Crippen LogP contribution in [0.2, 0.25) is 0 Å². The molecule has 1 heterocycles. The summed E-state index contributed by atoms with van der Waals surface area (Å²) in [6.45, 7) is 3.95. The third kappa shape index (κ3) is 3.21. The second-order valence-electron chi connectivity index (χ2n) is 4.45. The van der Waals surface area contributed by atoms with Gasteiger partial charge in [0.15, 0.2) is 0 Å². The Morgan fingerprint density at radius 3 is 2.61 bits per heavy atom. The average molecular weight is 255 g/mol. The Labute approximate surface area is 107 Å². The zero-order chi connectivity index (χ0) is 13.7. The maximum atomic E-state index is 12.2. The zero-order valence-electron chi connectivity index (χ0n) is 11.2. The van der Waals surface area contributed by atoms with Crippen molar-refractivity contribution in [2.75, 3.05) is 13.6 Å². The summed E-state index contributed by atoms with van der Waals surface area (Å²) in [5, 5.41) is 5.18. The second-order valence-corrected chi connectivity index (χ2v) is 4.45. The molecular weight excluding hydrogens is 234 g/mol. The summed E-state index contributed by atoms with van der Waals surface area (Å²) in [4.78, 5) is 36.6. The number of hydrogen-bond acceptors (Lipinski definition) is 3. The number of rotatable bonds is 4. The van der Waals surface area contributed by atoms with Gasteiger partial charge in [-0.25, -0.2) is 0 Å². The van der Waals surface area contributed by atoms with Gasteiger partial charge in [-0.15, -0.1) is 0 Å². The van der Waals surface area contributed by atoms with Gasteiger partial charge in [0.2, 0.25) is 17.7 Å². The quantitative estimate of drug-likeness (QED) is 0.720. The predicted molar refractivity (Wildman–Crippen MR) is 66.7 cm³/mol. The molecule has 2 atom stereocenters. The van der Waals surface area contributed by atoms with Gasteiger partial charge in [0.1, 0.15) is 12.1 Å². The Morgan fingerprint density at radius 2 is 2.06 bits per heavy atom. The van der Waals surface area contributed by atoms with Gasteiger partial charge < -0.3 is 15.5 Å². The van der Waals surface area contributed by atoms with E-state index in [0.29, 0.717) is 19.4 Å². The fourth-order valence-electron chi connectivity index (χ4n) is 2.12. The van der Waals surface area contributed by atoms with Gasteiger partial charge in [0.05, 0.1) is 0 Å². The summed E-state index contributed by atoms with van der Waals surface area (Å²) in [5.74, 6) is -0.496. The fraction of sp³-hybridized carbons (Fsp3) is 0.750. The van der Waals surface area contributed by atoms with Gasteiger partial charge in [0.25, 0.3) is 0 Å². The lowest BCUT2D eigenvalue weighted by molar-refractivity contribution is -0.140. The average Bonchev–Trinajstić information content (AvgIpc) is 2.85. The highest BCUT2D eigenvalue weighted by Gasteiger charge is 2.35. The van der Waals surface area contributed by atoms with Crippen molar-refractivity contribution in [1.82, 2.24) is 15.5 Å². The first kappa shape index (κ1) is 14.5. The lowest BCUT2D eigenvalue weighted by Crippen LogP contribution is -2.52. The van der Waals surface area contributed by atoms with E-state index in [1.54, 1.807) is 25.8 Å². The molecule has 1 fully saturated rings. The highest BCUT2D eigenvalue weighted by atomic mass is 16.2. The fourth-order valence-corrected chi connectivity index (χ4v) is 2.12. The maximum absolute atomic E-state index is 12.2. The molecule has 6 nitrogen and oxygen atoms in total. The molecule has 0 radical (unpaired) electrons. The number of nitrogens with zero attached hydrogens (tertiary/aromatic N) is 1. The second kappa shape index (κ2) is 6.37. The normalized spacial score (nSPS) is 20.4. The number of likely N-dealkylation sites (N-methyl/N-ethyl adjacent to an activating group) is 1. The van der Waals surface area contributed by atoms with Crippen LogP contribution in [0.25, 0.3) is 0 Å².